The van der Waals surface area contributed by atoms with E-state index in [2.05, 4.69) is 20.7 Å². The Morgan fingerprint density at radius 3 is 2.94 bits per heavy atom. The number of nitrogens with zero attached hydrogens (tertiary/aromatic N) is 2. The second-order valence-electron chi connectivity index (χ2n) is 3.44. The number of anilines is 1. The van der Waals surface area contributed by atoms with Crippen LogP contribution in [-0.4, -0.2) is 21.7 Å². The number of aromatic nitrogens is 2. The van der Waals surface area contributed by atoms with Crippen LogP contribution in [0.5, 0.6) is 0 Å². The number of rotatable bonds is 3. The van der Waals surface area contributed by atoms with E-state index < -0.39 is 5.84 Å². The van der Waals surface area contributed by atoms with E-state index in [1.54, 1.807) is 24.3 Å². The Balaban J connectivity index is 2.33. The molecule has 0 amide bonds. The smallest absolute Gasteiger partial charge is 0.271 e. The highest BCUT2D eigenvalue weighted by Gasteiger charge is 2.03. The molecule has 0 radical (unpaired) electrons. The summed E-state index contributed by atoms with van der Waals surface area (Å²) in [5, 5.41) is 25.0. The van der Waals surface area contributed by atoms with E-state index in [9.17, 15) is 4.79 Å². The molecule has 0 atom stereocenters. The largest absolute Gasteiger partial charge is 0.382 e. The topological polar surface area (TPSA) is 147 Å². The van der Waals surface area contributed by atoms with E-state index in [-0.39, 0.29) is 11.3 Å². The first-order valence-corrected chi connectivity index (χ1v) is 4.90. The van der Waals surface area contributed by atoms with Crippen LogP contribution in [0.4, 0.5) is 5.69 Å². The van der Waals surface area contributed by atoms with Crippen molar-refractivity contribution in [2.24, 2.45) is 10.8 Å². The van der Waals surface area contributed by atoms with Crippen molar-refractivity contribution < 1.29 is 0 Å². The SMILES string of the molecule is N#C/C(=N\Nc1ccc2[nH][nH]c(=O)c2c1)C(=N)N. The van der Waals surface area contributed by atoms with E-state index in [1.807, 2.05) is 0 Å². The number of amidine groups is 1. The predicted molar refractivity (Wildman–Crippen MR) is 67.5 cm³/mol. The molecule has 1 aromatic heterocycles. The molecule has 0 aliphatic heterocycles. The van der Waals surface area contributed by atoms with Gasteiger partial charge in [0, 0.05) is 0 Å². The fourth-order valence-corrected chi connectivity index (χ4v) is 1.37. The van der Waals surface area contributed by atoms with Crippen molar-refractivity contribution in [3.05, 3.63) is 28.6 Å². The molecule has 0 fully saturated rings. The first-order chi connectivity index (χ1) is 8.61. The number of nitriles is 1. The monoisotopic (exact) mass is 243 g/mol. The number of nitrogens with two attached hydrogens (primary N) is 1. The van der Waals surface area contributed by atoms with E-state index in [1.165, 1.54) is 0 Å². The van der Waals surface area contributed by atoms with Gasteiger partial charge in [-0.1, -0.05) is 0 Å². The maximum atomic E-state index is 11.4. The number of hydrazone groups is 1. The molecule has 0 aliphatic rings. The highest BCUT2D eigenvalue weighted by atomic mass is 16.1. The zero-order valence-electron chi connectivity index (χ0n) is 9.11. The molecule has 0 unspecified atom stereocenters. The van der Waals surface area contributed by atoms with Crippen LogP contribution in [0.2, 0.25) is 0 Å². The molecule has 0 aliphatic carbocycles. The van der Waals surface area contributed by atoms with Gasteiger partial charge in [0.2, 0.25) is 5.71 Å². The Bertz CT molecular complexity index is 730. The van der Waals surface area contributed by atoms with E-state index in [0.29, 0.717) is 16.6 Å². The van der Waals surface area contributed by atoms with Gasteiger partial charge in [0.25, 0.3) is 5.56 Å². The molecule has 8 nitrogen and oxygen atoms in total. The Morgan fingerprint density at radius 1 is 1.50 bits per heavy atom. The zero-order chi connectivity index (χ0) is 13.1. The van der Waals surface area contributed by atoms with Gasteiger partial charge in [0.15, 0.2) is 5.84 Å². The number of benzene rings is 1. The zero-order valence-corrected chi connectivity index (χ0v) is 9.11. The van der Waals surface area contributed by atoms with Crippen LogP contribution < -0.4 is 16.7 Å². The Labute approximate surface area is 101 Å². The van der Waals surface area contributed by atoms with Gasteiger partial charge in [-0.25, -0.2) is 0 Å². The third kappa shape index (κ3) is 2.05. The van der Waals surface area contributed by atoms with Gasteiger partial charge < -0.3 is 5.73 Å². The second kappa shape index (κ2) is 4.42. The van der Waals surface area contributed by atoms with E-state index in [4.69, 9.17) is 16.4 Å². The summed E-state index contributed by atoms with van der Waals surface area (Å²) in [6.07, 6.45) is 0. The molecule has 6 N–H and O–H groups in total. The number of hydrogen-bond acceptors (Lipinski definition) is 5. The van der Waals surface area contributed by atoms with Crippen LogP contribution in [0, 0.1) is 16.7 Å². The molecule has 1 aromatic carbocycles. The van der Waals surface area contributed by atoms with Crippen LogP contribution in [0.1, 0.15) is 0 Å². The normalized spacial score (nSPS) is 11.2. The van der Waals surface area contributed by atoms with E-state index in [0.717, 1.165) is 0 Å². The lowest BCUT2D eigenvalue weighted by atomic mass is 10.2. The van der Waals surface area contributed by atoms with Crippen molar-refractivity contribution in [3.63, 3.8) is 0 Å². The van der Waals surface area contributed by atoms with Crippen LogP contribution >= 0.6 is 0 Å². The van der Waals surface area contributed by atoms with Crippen LogP contribution in [0.15, 0.2) is 28.1 Å². The molecule has 0 saturated carbocycles. The minimum absolute atomic E-state index is 0.224. The number of H-pyrrole nitrogens is 2. The number of hydrogen-bond donors (Lipinski definition) is 5. The highest BCUT2D eigenvalue weighted by Crippen LogP contribution is 2.13. The van der Waals surface area contributed by atoms with Crippen LogP contribution in [-0.2, 0) is 0 Å². The summed E-state index contributed by atoms with van der Waals surface area (Å²) in [7, 11) is 0. The van der Waals surface area contributed by atoms with Gasteiger partial charge in [0.1, 0.15) is 6.07 Å². The summed E-state index contributed by atoms with van der Waals surface area (Å²) in [6, 6.07) is 6.61. The Hall–Kier alpha value is -3.08. The first kappa shape index (κ1) is 11.4. The molecule has 8 heteroatoms. The quantitative estimate of drug-likeness (QED) is 0.295. The first-order valence-electron chi connectivity index (χ1n) is 4.90. The van der Waals surface area contributed by atoms with Gasteiger partial charge >= 0.3 is 0 Å². The van der Waals surface area contributed by atoms with Gasteiger partial charge in [-0.05, 0) is 18.2 Å². The molecule has 90 valence electrons. The van der Waals surface area contributed by atoms with Gasteiger partial charge in [0.05, 0.1) is 16.6 Å². The third-order valence-corrected chi connectivity index (χ3v) is 2.23. The number of aromatic amines is 2. The fourth-order valence-electron chi connectivity index (χ4n) is 1.37. The Kier molecular flexibility index (Phi) is 2.80. The minimum Gasteiger partial charge on any atom is -0.382 e. The summed E-state index contributed by atoms with van der Waals surface area (Å²) < 4.78 is 0. The minimum atomic E-state index is -0.425. The summed E-state index contributed by atoms with van der Waals surface area (Å²) in [5.74, 6) is -0.425. The fraction of sp³-hybridized carbons (Fsp3) is 0. The standard InChI is InChI=1S/C10H9N7O/c11-4-8(9(12)13)16-14-5-1-2-7-6(3-5)10(18)17-15-7/h1-3,14H,(H3,12,13)(H2,15,17,18)/b16-8+. The summed E-state index contributed by atoms with van der Waals surface area (Å²) in [5.41, 5.74) is 8.42. The Morgan fingerprint density at radius 2 is 2.28 bits per heavy atom. The molecule has 2 rings (SSSR count). The summed E-state index contributed by atoms with van der Waals surface area (Å²) >= 11 is 0. The third-order valence-electron chi connectivity index (χ3n) is 2.23. The lowest BCUT2D eigenvalue weighted by Gasteiger charge is -2.00. The lowest BCUT2D eigenvalue weighted by Crippen LogP contribution is -2.21. The summed E-state index contributed by atoms with van der Waals surface area (Å²) in [6.45, 7) is 0. The van der Waals surface area contributed by atoms with Crippen molar-refractivity contribution in [2.75, 3.05) is 5.43 Å². The highest BCUT2D eigenvalue weighted by molar-refractivity contribution is 6.45. The van der Waals surface area contributed by atoms with Crippen LogP contribution in [0.3, 0.4) is 0 Å². The summed E-state index contributed by atoms with van der Waals surface area (Å²) in [4.78, 5) is 11.4. The molecular formula is C10H9N7O. The average Bonchev–Trinajstić information content (AvgIpc) is 2.71. The predicted octanol–water partition coefficient (Wildman–Crippen LogP) is 0.0836. The molecule has 1 heterocycles. The molecule has 0 spiro atoms. The lowest BCUT2D eigenvalue weighted by molar-refractivity contribution is 1.08. The van der Waals surface area contributed by atoms with Crippen molar-refractivity contribution >= 4 is 28.1 Å². The molecule has 18 heavy (non-hydrogen) atoms. The molecule has 2 aromatic rings. The van der Waals surface area contributed by atoms with Gasteiger partial charge in [-0.3, -0.25) is 25.8 Å². The molecule has 0 saturated heterocycles. The maximum absolute atomic E-state index is 11.4. The molecular weight excluding hydrogens is 234 g/mol. The van der Waals surface area contributed by atoms with Crippen molar-refractivity contribution in [1.82, 2.24) is 10.2 Å². The van der Waals surface area contributed by atoms with E-state index >= 15 is 0 Å². The van der Waals surface area contributed by atoms with Crippen molar-refractivity contribution in [3.8, 4) is 6.07 Å². The maximum Gasteiger partial charge on any atom is 0.271 e. The average molecular weight is 243 g/mol. The molecule has 0 bridgehead atoms. The number of nitrogens with one attached hydrogen (secondary N) is 4. The van der Waals surface area contributed by atoms with Gasteiger partial charge in [-0.15, -0.1) is 0 Å². The number of fused-ring (bicyclic) bond motifs is 1. The van der Waals surface area contributed by atoms with Gasteiger partial charge in [-0.2, -0.15) is 10.4 Å². The van der Waals surface area contributed by atoms with Crippen molar-refractivity contribution in [2.45, 2.75) is 0 Å². The van der Waals surface area contributed by atoms with Crippen LogP contribution in [0.25, 0.3) is 10.9 Å². The second-order valence-corrected chi connectivity index (χ2v) is 3.44. The van der Waals surface area contributed by atoms with Crippen molar-refractivity contribution in [1.29, 1.82) is 10.7 Å².